The van der Waals surface area contributed by atoms with E-state index < -0.39 is 0 Å². The molecule has 0 fully saturated rings. The highest BCUT2D eigenvalue weighted by molar-refractivity contribution is 5.89. The summed E-state index contributed by atoms with van der Waals surface area (Å²) < 4.78 is 4.95. The predicted molar refractivity (Wildman–Crippen MR) is 52.2 cm³/mol. The second kappa shape index (κ2) is 2.81. The molecule has 0 radical (unpaired) electrons. The number of hydrogen-bond donors (Lipinski definition) is 2. The zero-order chi connectivity index (χ0) is 10.3. The summed E-state index contributed by atoms with van der Waals surface area (Å²) in [6.07, 6.45) is 4.52. The highest BCUT2D eigenvalue weighted by atomic mass is 16.3. The molecule has 2 N–H and O–H groups in total. The number of fused-ring (bicyclic) bond motifs is 1. The number of H-pyrrole nitrogens is 2. The van der Waals surface area contributed by atoms with Crippen LogP contribution in [-0.4, -0.2) is 20.4 Å². The van der Waals surface area contributed by atoms with Crippen LogP contribution in [0.2, 0.25) is 0 Å². The Kier molecular flexibility index (Phi) is 1.49. The van der Waals surface area contributed by atoms with E-state index in [1.54, 1.807) is 18.6 Å². The third-order valence-electron chi connectivity index (χ3n) is 2.19. The van der Waals surface area contributed by atoms with Gasteiger partial charge in [0, 0.05) is 5.56 Å². The van der Waals surface area contributed by atoms with Gasteiger partial charge in [-0.25, -0.2) is 0 Å². The van der Waals surface area contributed by atoms with Crippen molar-refractivity contribution in [3.05, 3.63) is 35.1 Å². The van der Waals surface area contributed by atoms with Crippen molar-refractivity contribution in [1.82, 2.24) is 20.4 Å². The molecule has 0 bridgehead atoms. The fraction of sp³-hybridized carbons (Fsp3) is 0. The molecule has 0 aromatic carbocycles. The highest BCUT2D eigenvalue weighted by Crippen LogP contribution is 2.21. The highest BCUT2D eigenvalue weighted by Gasteiger charge is 2.10. The van der Waals surface area contributed by atoms with Gasteiger partial charge in [-0.3, -0.25) is 15.0 Å². The number of furan rings is 1. The number of nitrogens with one attached hydrogen (secondary N) is 2. The Hall–Kier alpha value is -2.37. The zero-order valence-corrected chi connectivity index (χ0v) is 7.52. The van der Waals surface area contributed by atoms with Crippen LogP contribution in [0.4, 0.5) is 0 Å². The van der Waals surface area contributed by atoms with E-state index in [-0.39, 0.29) is 5.56 Å². The maximum absolute atomic E-state index is 11.3. The van der Waals surface area contributed by atoms with Crippen LogP contribution in [0, 0.1) is 0 Å². The smallest absolute Gasteiger partial charge is 0.273 e. The average molecular weight is 202 g/mol. The molecule has 0 spiro atoms. The molecule has 15 heavy (non-hydrogen) atoms. The lowest BCUT2D eigenvalue weighted by molar-refractivity contribution is 0.568. The lowest BCUT2D eigenvalue weighted by Gasteiger charge is -1.94. The molecular weight excluding hydrogens is 196 g/mol. The average Bonchev–Trinajstić information content (AvgIpc) is 2.88. The van der Waals surface area contributed by atoms with Gasteiger partial charge in [0.25, 0.3) is 5.56 Å². The molecule has 0 atom stereocenters. The first kappa shape index (κ1) is 7.98. The normalized spacial score (nSPS) is 10.9. The molecule has 0 saturated carbocycles. The van der Waals surface area contributed by atoms with Gasteiger partial charge in [0.15, 0.2) is 0 Å². The standard InChI is InChI=1S/C9H6N4O2/c14-9-6-3-10-11-7(8(6)12-13-9)5-1-2-15-4-5/h1-4H,(H2,12,13,14). The Balaban J connectivity index is 2.41. The van der Waals surface area contributed by atoms with Crippen LogP contribution >= 0.6 is 0 Å². The molecule has 0 saturated heterocycles. The molecule has 0 amide bonds. The van der Waals surface area contributed by atoms with Gasteiger partial charge in [-0.1, -0.05) is 0 Å². The first-order chi connectivity index (χ1) is 7.36. The summed E-state index contributed by atoms with van der Waals surface area (Å²) in [6.45, 7) is 0. The van der Waals surface area contributed by atoms with Crippen molar-refractivity contribution in [3.63, 3.8) is 0 Å². The zero-order valence-electron chi connectivity index (χ0n) is 7.52. The monoisotopic (exact) mass is 202 g/mol. The molecule has 0 unspecified atom stereocenters. The van der Waals surface area contributed by atoms with Gasteiger partial charge >= 0.3 is 0 Å². The van der Waals surface area contributed by atoms with Gasteiger partial charge in [0.05, 0.1) is 29.6 Å². The molecule has 6 heteroatoms. The molecule has 0 aliphatic heterocycles. The van der Waals surface area contributed by atoms with Crippen molar-refractivity contribution < 1.29 is 4.42 Å². The van der Waals surface area contributed by atoms with Gasteiger partial charge in [-0.15, -0.1) is 5.10 Å². The first-order valence-corrected chi connectivity index (χ1v) is 4.31. The fourth-order valence-electron chi connectivity index (χ4n) is 1.47. The SMILES string of the molecule is O=c1[nH][nH]c2c(-c3ccoc3)nncc12. The molecule has 6 nitrogen and oxygen atoms in total. The van der Waals surface area contributed by atoms with E-state index >= 15 is 0 Å². The topological polar surface area (TPSA) is 87.6 Å². The van der Waals surface area contributed by atoms with Gasteiger partial charge in [-0.05, 0) is 6.07 Å². The Labute approximate surface area is 82.9 Å². The molecule has 0 aliphatic rings. The van der Waals surface area contributed by atoms with Gasteiger partial charge in [-0.2, -0.15) is 5.10 Å². The maximum atomic E-state index is 11.3. The van der Waals surface area contributed by atoms with E-state index in [2.05, 4.69) is 20.4 Å². The van der Waals surface area contributed by atoms with Crippen LogP contribution in [-0.2, 0) is 0 Å². The first-order valence-electron chi connectivity index (χ1n) is 4.31. The van der Waals surface area contributed by atoms with Gasteiger partial charge < -0.3 is 4.42 Å². The summed E-state index contributed by atoms with van der Waals surface area (Å²) in [5, 5.41) is 13.5. The molecule has 3 heterocycles. The van der Waals surface area contributed by atoms with Crippen molar-refractivity contribution in [2.75, 3.05) is 0 Å². The van der Waals surface area contributed by atoms with Crippen molar-refractivity contribution >= 4 is 10.9 Å². The molecule has 74 valence electrons. The molecule has 3 aromatic heterocycles. The number of hydrogen-bond acceptors (Lipinski definition) is 4. The minimum Gasteiger partial charge on any atom is -0.472 e. The fourth-order valence-corrected chi connectivity index (χ4v) is 1.47. The summed E-state index contributed by atoms with van der Waals surface area (Å²) >= 11 is 0. The number of nitrogens with zero attached hydrogens (tertiary/aromatic N) is 2. The van der Waals surface area contributed by atoms with E-state index in [4.69, 9.17) is 4.42 Å². The predicted octanol–water partition coefficient (Wildman–Crippen LogP) is 0.906. The van der Waals surface area contributed by atoms with Crippen LogP contribution in [0.25, 0.3) is 22.2 Å². The minimum atomic E-state index is -0.204. The quantitative estimate of drug-likeness (QED) is 0.613. The summed E-state index contributed by atoms with van der Waals surface area (Å²) in [4.78, 5) is 11.3. The Morgan fingerprint density at radius 3 is 3.07 bits per heavy atom. The largest absolute Gasteiger partial charge is 0.472 e. The van der Waals surface area contributed by atoms with Crippen LogP contribution in [0.5, 0.6) is 0 Å². The van der Waals surface area contributed by atoms with Gasteiger partial charge in [0.1, 0.15) is 5.69 Å². The number of aromatic nitrogens is 4. The van der Waals surface area contributed by atoms with Crippen LogP contribution in [0.15, 0.2) is 34.0 Å². The number of rotatable bonds is 1. The maximum Gasteiger partial charge on any atom is 0.273 e. The summed E-state index contributed by atoms with van der Waals surface area (Å²) in [5.74, 6) is 0. The van der Waals surface area contributed by atoms with Crippen molar-refractivity contribution in [1.29, 1.82) is 0 Å². The minimum absolute atomic E-state index is 0.204. The van der Waals surface area contributed by atoms with Crippen LogP contribution in [0.3, 0.4) is 0 Å². The molecular formula is C9H6N4O2. The van der Waals surface area contributed by atoms with Crippen molar-refractivity contribution in [2.24, 2.45) is 0 Å². The summed E-state index contributed by atoms with van der Waals surface area (Å²) in [7, 11) is 0. The molecule has 0 aliphatic carbocycles. The van der Waals surface area contributed by atoms with E-state index in [0.29, 0.717) is 16.6 Å². The Morgan fingerprint density at radius 1 is 1.33 bits per heavy atom. The van der Waals surface area contributed by atoms with E-state index in [0.717, 1.165) is 5.56 Å². The van der Waals surface area contributed by atoms with E-state index in [1.807, 2.05) is 0 Å². The summed E-state index contributed by atoms with van der Waals surface area (Å²) in [5.41, 5.74) is 1.81. The lowest BCUT2D eigenvalue weighted by atomic mass is 10.2. The van der Waals surface area contributed by atoms with E-state index in [1.165, 1.54) is 6.20 Å². The van der Waals surface area contributed by atoms with Crippen LogP contribution < -0.4 is 5.56 Å². The second-order valence-electron chi connectivity index (χ2n) is 3.07. The molecule has 3 rings (SSSR count). The van der Waals surface area contributed by atoms with Crippen LogP contribution in [0.1, 0.15) is 0 Å². The van der Waals surface area contributed by atoms with Crippen molar-refractivity contribution in [3.8, 4) is 11.3 Å². The Bertz CT molecular complexity index is 650. The number of aromatic amines is 2. The third-order valence-corrected chi connectivity index (χ3v) is 2.19. The van der Waals surface area contributed by atoms with Crippen molar-refractivity contribution in [2.45, 2.75) is 0 Å². The van der Waals surface area contributed by atoms with Gasteiger partial charge in [0.2, 0.25) is 0 Å². The third kappa shape index (κ3) is 1.08. The van der Waals surface area contributed by atoms with E-state index in [9.17, 15) is 4.79 Å². The summed E-state index contributed by atoms with van der Waals surface area (Å²) in [6, 6.07) is 1.76. The second-order valence-corrected chi connectivity index (χ2v) is 3.07. The molecule has 3 aromatic rings. The lowest BCUT2D eigenvalue weighted by Crippen LogP contribution is -1.98. The Morgan fingerprint density at radius 2 is 2.27 bits per heavy atom.